The van der Waals surface area contributed by atoms with E-state index in [2.05, 4.69) is 15.7 Å². The lowest BCUT2D eigenvalue weighted by atomic mass is 10.2. The van der Waals surface area contributed by atoms with Gasteiger partial charge in [-0.25, -0.2) is 4.68 Å². The Bertz CT molecular complexity index is 1140. The second kappa shape index (κ2) is 10.1. The number of benzene rings is 2. The molecule has 8 nitrogen and oxygen atoms in total. The number of carbonyl (C=O) groups excluding carboxylic acids is 2. The molecule has 11 heteroatoms. The SMILES string of the molecule is COc1cn(-c2cccc(C(F)(F)F)c2)nc1C(=O)NCCCNC(=O)c1cccc(O)c1. The molecule has 0 aliphatic heterocycles. The van der Waals surface area contributed by atoms with Crippen molar-refractivity contribution in [2.45, 2.75) is 12.6 Å². The molecule has 3 N–H and O–H groups in total. The summed E-state index contributed by atoms with van der Waals surface area (Å²) >= 11 is 0. The minimum absolute atomic E-state index is 0.0200. The molecule has 0 atom stereocenters. The second-order valence-corrected chi connectivity index (χ2v) is 6.95. The summed E-state index contributed by atoms with van der Waals surface area (Å²) in [6, 6.07) is 10.4. The van der Waals surface area contributed by atoms with Crippen LogP contribution in [0.2, 0.25) is 0 Å². The van der Waals surface area contributed by atoms with Crippen LogP contribution in [0.5, 0.6) is 11.5 Å². The van der Waals surface area contributed by atoms with Crippen molar-refractivity contribution in [3.63, 3.8) is 0 Å². The van der Waals surface area contributed by atoms with Crippen LogP contribution >= 0.6 is 0 Å². The molecule has 0 radical (unpaired) electrons. The summed E-state index contributed by atoms with van der Waals surface area (Å²) in [6.07, 6.45) is -2.78. The Morgan fingerprint density at radius 2 is 1.76 bits per heavy atom. The molecule has 3 aromatic rings. The Balaban J connectivity index is 1.57. The van der Waals surface area contributed by atoms with Crippen molar-refractivity contribution in [1.29, 1.82) is 0 Å². The third-order valence-electron chi connectivity index (χ3n) is 4.59. The number of aromatic hydroxyl groups is 1. The average Bonchev–Trinajstić information content (AvgIpc) is 3.23. The predicted molar refractivity (Wildman–Crippen MR) is 113 cm³/mol. The number of methoxy groups -OCH3 is 1. The van der Waals surface area contributed by atoms with Crippen LogP contribution in [0, 0.1) is 0 Å². The summed E-state index contributed by atoms with van der Waals surface area (Å²) in [5.74, 6) is -0.855. The molecule has 2 aromatic carbocycles. The molecule has 1 heterocycles. The van der Waals surface area contributed by atoms with Gasteiger partial charge in [0.2, 0.25) is 0 Å². The normalized spacial score (nSPS) is 11.2. The summed E-state index contributed by atoms with van der Waals surface area (Å²) in [5.41, 5.74) is -0.493. The molecular weight excluding hydrogens is 441 g/mol. The van der Waals surface area contributed by atoms with Crippen molar-refractivity contribution < 1.29 is 32.6 Å². The number of carbonyl (C=O) groups is 2. The highest BCUT2D eigenvalue weighted by Gasteiger charge is 2.30. The molecule has 33 heavy (non-hydrogen) atoms. The first-order valence-corrected chi connectivity index (χ1v) is 9.86. The molecule has 0 aliphatic rings. The van der Waals surface area contributed by atoms with Gasteiger partial charge in [-0.05, 0) is 42.8 Å². The van der Waals surface area contributed by atoms with Crippen LogP contribution in [-0.4, -0.2) is 46.9 Å². The fraction of sp³-hybridized carbons (Fsp3) is 0.227. The number of ether oxygens (including phenoxy) is 1. The Morgan fingerprint density at radius 1 is 1.06 bits per heavy atom. The van der Waals surface area contributed by atoms with Crippen molar-refractivity contribution in [3.8, 4) is 17.2 Å². The summed E-state index contributed by atoms with van der Waals surface area (Å²) < 4.78 is 45.2. The Hall–Kier alpha value is -4.02. The van der Waals surface area contributed by atoms with E-state index in [0.717, 1.165) is 16.8 Å². The standard InChI is InChI=1S/C22H21F3N4O4/c1-33-18-13-29(16-7-3-6-15(12-16)22(23,24)25)28-19(18)21(32)27-10-4-9-26-20(31)14-5-2-8-17(30)11-14/h2-3,5-8,11-13,30H,4,9-10H2,1H3,(H,26,31)(H,27,32). The van der Waals surface area contributed by atoms with E-state index in [4.69, 9.17) is 4.74 Å². The number of alkyl halides is 3. The van der Waals surface area contributed by atoms with Gasteiger partial charge in [0.1, 0.15) is 5.75 Å². The summed E-state index contributed by atoms with van der Waals surface area (Å²) in [4.78, 5) is 24.5. The maximum Gasteiger partial charge on any atom is 0.416 e. The van der Waals surface area contributed by atoms with Gasteiger partial charge < -0.3 is 20.5 Å². The number of hydrogen-bond donors (Lipinski definition) is 3. The van der Waals surface area contributed by atoms with Gasteiger partial charge in [0.25, 0.3) is 11.8 Å². The highest BCUT2D eigenvalue weighted by atomic mass is 19.4. The third-order valence-corrected chi connectivity index (χ3v) is 4.59. The number of halogens is 3. The zero-order valence-electron chi connectivity index (χ0n) is 17.5. The van der Waals surface area contributed by atoms with E-state index >= 15 is 0 Å². The summed E-state index contributed by atoms with van der Waals surface area (Å²) in [7, 11) is 1.32. The zero-order valence-corrected chi connectivity index (χ0v) is 17.5. The van der Waals surface area contributed by atoms with Gasteiger partial charge in [-0.3, -0.25) is 9.59 Å². The predicted octanol–water partition coefficient (Wildman–Crippen LogP) is 3.16. The zero-order chi connectivity index (χ0) is 24.0. The van der Waals surface area contributed by atoms with E-state index in [1.807, 2.05) is 0 Å². The average molecular weight is 462 g/mol. The minimum atomic E-state index is -4.51. The molecule has 2 amide bonds. The lowest BCUT2D eigenvalue weighted by molar-refractivity contribution is -0.137. The molecule has 0 saturated heterocycles. The summed E-state index contributed by atoms with van der Waals surface area (Å²) in [6.45, 7) is 0.476. The highest BCUT2D eigenvalue weighted by Crippen LogP contribution is 2.30. The smallest absolute Gasteiger partial charge is 0.416 e. The maximum absolute atomic E-state index is 13.0. The fourth-order valence-corrected chi connectivity index (χ4v) is 2.95. The molecule has 0 spiro atoms. The highest BCUT2D eigenvalue weighted by molar-refractivity contribution is 5.95. The van der Waals surface area contributed by atoms with Crippen LogP contribution in [0.1, 0.15) is 32.8 Å². The van der Waals surface area contributed by atoms with Gasteiger partial charge in [-0.1, -0.05) is 12.1 Å². The van der Waals surface area contributed by atoms with Crippen molar-refractivity contribution in [1.82, 2.24) is 20.4 Å². The van der Waals surface area contributed by atoms with Gasteiger partial charge in [0, 0.05) is 18.7 Å². The number of amides is 2. The second-order valence-electron chi connectivity index (χ2n) is 6.95. The van der Waals surface area contributed by atoms with Crippen molar-refractivity contribution in [2.75, 3.05) is 20.2 Å². The van der Waals surface area contributed by atoms with Crippen LogP contribution in [0.15, 0.2) is 54.7 Å². The molecule has 174 valence electrons. The van der Waals surface area contributed by atoms with Gasteiger partial charge in [-0.15, -0.1) is 0 Å². The van der Waals surface area contributed by atoms with E-state index in [1.54, 1.807) is 12.1 Å². The first-order valence-electron chi connectivity index (χ1n) is 9.86. The number of nitrogens with one attached hydrogen (secondary N) is 2. The molecule has 0 unspecified atom stereocenters. The topological polar surface area (TPSA) is 105 Å². The number of hydrogen-bond acceptors (Lipinski definition) is 5. The van der Waals surface area contributed by atoms with Crippen LogP contribution < -0.4 is 15.4 Å². The third kappa shape index (κ3) is 6.03. The van der Waals surface area contributed by atoms with E-state index in [9.17, 15) is 27.9 Å². The maximum atomic E-state index is 13.0. The van der Waals surface area contributed by atoms with Crippen LogP contribution in [-0.2, 0) is 6.18 Å². The molecule has 1 aromatic heterocycles. The van der Waals surface area contributed by atoms with E-state index in [0.29, 0.717) is 12.0 Å². The Morgan fingerprint density at radius 3 is 2.42 bits per heavy atom. The number of nitrogens with zero attached hydrogens (tertiary/aromatic N) is 2. The van der Waals surface area contributed by atoms with Gasteiger partial charge in [-0.2, -0.15) is 18.3 Å². The summed E-state index contributed by atoms with van der Waals surface area (Å²) in [5, 5.41) is 18.8. The molecular formula is C22H21F3N4O4. The molecule has 3 rings (SSSR count). The lowest BCUT2D eigenvalue weighted by Gasteiger charge is -2.08. The number of phenols is 1. The van der Waals surface area contributed by atoms with E-state index in [1.165, 1.54) is 37.6 Å². The van der Waals surface area contributed by atoms with Gasteiger partial charge in [0.15, 0.2) is 11.4 Å². The number of aromatic nitrogens is 2. The van der Waals surface area contributed by atoms with Crippen LogP contribution in [0.3, 0.4) is 0 Å². The minimum Gasteiger partial charge on any atom is -0.508 e. The number of rotatable bonds is 8. The molecule has 0 fully saturated rings. The van der Waals surface area contributed by atoms with Gasteiger partial charge >= 0.3 is 6.18 Å². The Labute approximate surface area is 187 Å². The molecule has 0 aliphatic carbocycles. The largest absolute Gasteiger partial charge is 0.508 e. The first-order chi connectivity index (χ1) is 15.7. The van der Waals surface area contributed by atoms with Gasteiger partial charge in [0.05, 0.1) is 24.6 Å². The molecule has 0 bridgehead atoms. The first kappa shape index (κ1) is 23.6. The number of phenolic OH excluding ortho intramolecular Hbond substituents is 1. The Kier molecular flexibility index (Phi) is 7.21. The van der Waals surface area contributed by atoms with Crippen LogP contribution in [0.4, 0.5) is 13.2 Å². The quantitative estimate of drug-likeness (QED) is 0.446. The van der Waals surface area contributed by atoms with E-state index < -0.39 is 17.6 Å². The van der Waals surface area contributed by atoms with E-state index in [-0.39, 0.29) is 41.9 Å². The van der Waals surface area contributed by atoms with Crippen molar-refractivity contribution in [3.05, 3.63) is 71.5 Å². The monoisotopic (exact) mass is 462 g/mol. The van der Waals surface area contributed by atoms with Crippen molar-refractivity contribution in [2.24, 2.45) is 0 Å². The fourth-order valence-electron chi connectivity index (χ4n) is 2.95. The lowest BCUT2D eigenvalue weighted by Crippen LogP contribution is -2.30. The van der Waals surface area contributed by atoms with Crippen molar-refractivity contribution >= 4 is 11.8 Å². The molecule has 0 saturated carbocycles. The van der Waals surface area contributed by atoms with Crippen LogP contribution in [0.25, 0.3) is 5.69 Å².